The molecule has 2 fully saturated rings. The molecule has 0 radical (unpaired) electrons. The smallest absolute Gasteiger partial charge is 0.248 e. The lowest BCUT2D eigenvalue weighted by atomic mass is 9.93. The van der Waals surface area contributed by atoms with E-state index in [9.17, 15) is 4.79 Å². The van der Waals surface area contributed by atoms with Crippen molar-refractivity contribution < 1.29 is 14.3 Å². The van der Waals surface area contributed by atoms with Crippen molar-refractivity contribution in [2.75, 3.05) is 32.6 Å². The van der Waals surface area contributed by atoms with Crippen LogP contribution in [0.1, 0.15) is 6.42 Å². The van der Waals surface area contributed by atoms with Crippen LogP contribution in [0.5, 0.6) is 5.75 Å². The van der Waals surface area contributed by atoms with Gasteiger partial charge in [0.2, 0.25) is 5.91 Å². The Hall–Kier alpha value is -1.27. The topological polar surface area (TPSA) is 51.7 Å². The Bertz CT molecular complexity index is 477. The van der Waals surface area contributed by atoms with Gasteiger partial charge in [0, 0.05) is 38.6 Å². The number of nitrogens with zero attached hydrogens (tertiary/aromatic N) is 2. The number of hydrogen-bond donors (Lipinski definition) is 0. The quantitative estimate of drug-likeness (QED) is 0.835. The third-order valence-electron chi connectivity index (χ3n) is 3.69. The summed E-state index contributed by atoms with van der Waals surface area (Å²) >= 11 is 1.92. The maximum atomic E-state index is 11.7. The molecule has 0 N–H and O–H groups in total. The number of pyridine rings is 1. The highest BCUT2D eigenvalue weighted by Gasteiger charge is 2.51. The van der Waals surface area contributed by atoms with Gasteiger partial charge in [0.25, 0.3) is 0 Å². The zero-order valence-electron chi connectivity index (χ0n) is 11.4. The lowest BCUT2D eigenvalue weighted by Gasteiger charge is -2.47. The zero-order valence-corrected chi connectivity index (χ0v) is 12.3. The first-order chi connectivity index (χ1) is 9.71. The third kappa shape index (κ3) is 2.76. The fraction of sp³-hybridized carbons (Fsp3) is 0.571. The molecule has 2 aliphatic heterocycles. The van der Waals surface area contributed by atoms with Gasteiger partial charge in [-0.15, -0.1) is 11.8 Å². The highest BCUT2D eigenvalue weighted by Crippen LogP contribution is 2.46. The second-order valence-electron chi connectivity index (χ2n) is 5.31. The summed E-state index contributed by atoms with van der Waals surface area (Å²) in [4.78, 5) is 17.6. The van der Waals surface area contributed by atoms with Gasteiger partial charge in [-0.3, -0.25) is 9.78 Å². The standard InChI is InChI=1S/C14H18N2O3S/c1-18-7-13(17)16-9-14(10-16)5-12(8-20-14)19-11-3-2-4-15-6-11/h2-4,6,12H,5,7-10H2,1H3/t12-/m1/s1. The van der Waals surface area contributed by atoms with Crippen LogP contribution in [0.3, 0.4) is 0 Å². The summed E-state index contributed by atoms with van der Waals surface area (Å²) in [6.45, 7) is 1.80. The molecule has 6 heteroatoms. The van der Waals surface area contributed by atoms with Gasteiger partial charge in [0.05, 0.1) is 10.9 Å². The van der Waals surface area contributed by atoms with E-state index < -0.39 is 0 Å². The lowest BCUT2D eigenvalue weighted by Crippen LogP contribution is -2.61. The molecular formula is C14H18N2O3S. The number of carbonyl (C=O) groups excluding carboxylic acids is 1. The van der Waals surface area contributed by atoms with Crippen molar-refractivity contribution in [1.82, 2.24) is 9.88 Å². The molecule has 2 aliphatic rings. The molecule has 0 bridgehead atoms. The number of amides is 1. The molecule has 0 aliphatic carbocycles. The van der Waals surface area contributed by atoms with E-state index in [1.165, 1.54) is 0 Å². The largest absolute Gasteiger partial charge is 0.488 e. The van der Waals surface area contributed by atoms with Gasteiger partial charge >= 0.3 is 0 Å². The lowest BCUT2D eigenvalue weighted by molar-refractivity contribution is -0.140. The summed E-state index contributed by atoms with van der Waals surface area (Å²) in [5, 5.41) is 0. The molecule has 5 nitrogen and oxygen atoms in total. The maximum absolute atomic E-state index is 11.7. The molecule has 0 aromatic carbocycles. The second kappa shape index (κ2) is 5.61. The van der Waals surface area contributed by atoms with Crippen LogP contribution in [-0.4, -0.2) is 59.2 Å². The zero-order chi connectivity index (χ0) is 14.0. The van der Waals surface area contributed by atoms with Gasteiger partial charge in [0.15, 0.2) is 0 Å². The Morgan fingerprint density at radius 3 is 3.15 bits per heavy atom. The molecule has 1 spiro atoms. The first-order valence-corrected chi connectivity index (χ1v) is 7.67. The first-order valence-electron chi connectivity index (χ1n) is 6.68. The van der Waals surface area contributed by atoms with Crippen molar-refractivity contribution in [3.05, 3.63) is 24.5 Å². The van der Waals surface area contributed by atoms with E-state index in [1.54, 1.807) is 19.5 Å². The van der Waals surface area contributed by atoms with E-state index in [0.717, 1.165) is 31.0 Å². The summed E-state index contributed by atoms with van der Waals surface area (Å²) in [6.07, 6.45) is 4.68. The van der Waals surface area contributed by atoms with E-state index in [1.807, 2.05) is 28.8 Å². The van der Waals surface area contributed by atoms with Gasteiger partial charge in [-0.25, -0.2) is 0 Å². The van der Waals surface area contributed by atoms with E-state index >= 15 is 0 Å². The Morgan fingerprint density at radius 2 is 2.45 bits per heavy atom. The number of hydrogen-bond acceptors (Lipinski definition) is 5. The minimum Gasteiger partial charge on any atom is -0.488 e. The van der Waals surface area contributed by atoms with Crippen LogP contribution in [0, 0.1) is 0 Å². The Balaban J connectivity index is 1.50. The fourth-order valence-electron chi connectivity index (χ4n) is 2.75. The molecule has 2 saturated heterocycles. The molecule has 1 aromatic rings. The minimum atomic E-state index is 0.0790. The second-order valence-corrected chi connectivity index (χ2v) is 6.80. The summed E-state index contributed by atoms with van der Waals surface area (Å²) in [5.74, 6) is 1.87. The van der Waals surface area contributed by atoms with Crippen molar-refractivity contribution in [1.29, 1.82) is 0 Å². The van der Waals surface area contributed by atoms with Crippen LogP contribution in [0.15, 0.2) is 24.5 Å². The summed E-state index contributed by atoms with van der Waals surface area (Å²) in [6, 6.07) is 3.81. The molecule has 1 atom stereocenters. The highest BCUT2D eigenvalue weighted by atomic mass is 32.2. The van der Waals surface area contributed by atoms with Crippen LogP contribution >= 0.6 is 11.8 Å². The molecule has 0 unspecified atom stereocenters. The van der Waals surface area contributed by atoms with Crippen molar-refractivity contribution in [2.24, 2.45) is 0 Å². The van der Waals surface area contributed by atoms with Crippen LogP contribution in [0.25, 0.3) is 0 Å². The van der Waals surface area contributed by atoms with Gasteiger partial charge < -0.3 is 14.4 Å². The average molecular weight is 294 g/mol. The van der Waals surface area contributed by atoms with Gasteiger partial charge in [-0.05, 0) is 12.1 Å². The van der Waals surface area contributed by atoms with E-state index in [2.05, 4.69) is 4.98 Å². The van der Waals surface area contributed by atoms with Crippen molar-refractivity contribution in [3.8, 4) is 5.75 Å². The molecule has 1 amide bonds. The maximum Gasteiger partial charge on any atom is 0.248 e. The van der Waals surface area contributed by atoms with Gasteiger partial charge in [-0.1, -0.05) is 0 Å². The molecule has 108 valence electrons. The number of carbonyl (C=O) groups is 1. The van der Waals surface area contributed by atoms with E-state index in [0.29, 0.717) is 0 Å². The van der Waals surface area contributed by atoms with Gasteiger partial charge in [0.1, 0.15) is 18.5 Å². The Morgan fingerprint density at radius 1 is 1.60 bits per heavy atom. The van der Waals surface area contributed by atoms with Crippen molar-refractivity contribution in [2.45, 2.75) is 17.3 Å². The Kier molecular flexibility index (Phi) is 3.85. The summed E-state index contributed by atoms with van der Waals surface area (Å²) < 4.78 is 11.0. The molecule has 1 aromatic heterocycles. The molecule has 20 heavy (non-hydrogen) atoms. The Labute approximate surface area is 122 Å². The summed E-state index contributed by atoms with van der Waals surface area (Å²) in [7, 11) is 1.55. The number of rotatable bonds is 4. The predicted molar refractivity (Wildman–Crippen MR) is 76.9 cm³/mol. The predicted octanol–water partition coefficient (Wildman–Crippen LogP) is 1.19. The minimum absolute atomic E-state index is 0.0790. The van der Waals surface area contributed by atoms with Crippen LogP contribution < -0.4 is 4.74 Å². The molecular weight excluding hydrogens is 276 g/mol. The van der Waals surface area contributed by atoms with Crippen molar-refractivity contribution >= 4 is 17.7 Å². The van der Waals surface area contributed by atoms with Crippen molar-refractivity contribution in [3.63, 3.8) is 0 Å². The number of methoxy groups -OCH3 is 1. The first kappa shape index (κ1) is 13.7. The number of thioether (sulfide) groups is 1. The number of ether oxygens (including phenoxy) is 2. The number of likely N-dealkylation sites (tertiary alicyclic amines) is 1. The normalized spacial score (nSPS) is 23.6. The SMILES string of the molecule is COCC(=O)N1CC2(C[C@@H](Oc3cccnc3)CS2)C1. The van der Waals surface area contributed by atoms with E-state index in [4.69, 9.17) is 9.47 Å². The average Bonchev–Trinajstić information content (AvgIpc) is 2.83. The monoisotopic (exact) mass is 294 g/mol. The van der Waals surface area contributed by atoms with Crippen LogP contribution in [0.2, 0.25) is 0 Å². The molecule has 0 saturated carbocycles. The highest BCUT2D eigenvalue weighted by molar-refractivity contribution is 8.01. The summed E-state index contributed by atoms with van der Waals surface area (Å²) in [5.41, 5.74) is 0. The molecule has 3 heterocycles. The fourth-order valence-corrected chi connectivity index (χ4v) is 4.27. The van der Waals surface area contributed by atoms with Gasteiger partial charge in [-0.2, -0.15) is 0 Å². The molecule has 3 rings (SSSR count). The van der Waals surface area contributed by atoms with E-state index in [-0.39, 0.29) is 23.4 Å². The third-order valence-corrected chi connectivity index (χ3v) is 5.27. The van der Waals surface area contributed by atoms with Crippen LogP contribution in [-0.2, 0) is 9.53 Å². The number of aromatic nitrogens is 1. The van der Waals surface area contributed by atoms with Crippen LogP contribution in [0.4, 0.5) is 0 Å².